The van der Waals surface area contributed by atoms with Gasteiger partial charge < -0.3 is 5.73 Å². The number of hydrogen-bond donors (Lipinski definition) is 1. The van der Waals surface area contributed by atoms with Crippen LogP contribution >= 0.6 is 0 Å². The van der Waals surface area contributed by atoms with Crippen molar-refractivity contribution in [3.05, 3.63) is 35.4 Å². The molecule has 1 unspecified atom stereocenters. The summed E-state index contributed by atoms with van der Waals surface area (Å²) in [4.78, 5) is 2.58. The lowest BCUT2D eigenvalue weighted by Gasteiger charge is -2.37. The van der Waals surface area contributed by atoms with Crippen LogP contribution in [0.4, 0.5) is 0 Å². The van der Waals surface area contributed by atoms with Crippen molar-refractivity contribution in [2.75, 3.05) is 19.6 Å². The van der Waals surface area contributed by atoms with Crippen molar-refractivity contribution in [3.63, 3.8) is 0 Å². The summed E-state index contributed by atoms with van der Waals surface area (Å²) < 4.78 is 0. The lowest BCUT2D eigenvalue weighted by atomic mass is 9.91. The van der Waals surface area contributed by atoms with Gasteiger partial charge in [0.15, 0.2) is 0 Å². The molecule has 1 aliphatic heterocycles. The lowest BCUT2D eigenvalue weighted by Crippen LogP contribution is -2.40. The molecular formula is C16H26N2. The van der Waals surface area contributed by atoms with Crippen LogP contribution in [-0.4, -0.2) is 24.5 Å². The molecule has 1 aromatic carbocycles. The molecule has 1 aliphatic rings. The van der Waals surface area contributed by atoms with Gasteiger partial charge in [0.1, 0.15) is 0 Å². The Kier molecular flexibility index (Phi) is 4.79. The zero-order valence-corrected chi connectivity index (χ0v) is 11.7. The molecule has 2 N–H and O–H groups in total. The van der Waals surface area contributed by atoms with Gasteiger partial charge in [-0.05, 0) is 49.9 Å². The Morgan fingerprint density at radius 2 is 1.94 bits per heavy atom. The average Bonchev–Trinajstić information content (AvgIpc) is 2.42. The molecule has 0 aliphatic carbocycles. The summed E-state index contributed by atoms with van der Waals surface area (Å²) in [7, 11) is 0. The molecule has 1 heterocycles. The third-order valence-electron chi connectivity index (χ3n) is 4.44. The van der Waals surface area contributed by atoms with Crippen molar-refractivity contribution in [3.8, 4) is 0 Å². The van der Waals surface area contributed by atoms with Gasteiger partial charge in [0.2, 0.25) is 0 Å². The highest BCUT2D eigenvalue weighted by Crippen LogP contribution is 2.28. The van der Waals surface area contributed by atoms with Gasteiger partial charge in [-0.15, -0.1) is 0 Å². The number of rotatable bonds is 4. The highest BCUT2D eigenvalue weighted by molar-refractivity contribution is 5.29. The van der Waals surface area contributed by atoms with Gasteiger partial charge in [-0.25, -0.2) is 0 Å². The number of nitrogens with zero attached hydrogens (tertiary/aromatic N) is 1. The van der Waals surface area contributed by atoms with E-state index in [1.54, 1.807) is 0 Å². The van der Waals surface area contributed by atoms with Gasteiger partial charge in [0, 0.05) is 12.6 Å². The maximum absolute atomic E-state index is 6.03. The van der Waals surface area contributed by atoms with Crippen molar-refractivity contribution in [2.24, 2.45) is 11.7 Å². The average molecular weight is 246 g/mol. The van der Waals surface area contributed by atoms with Gasteiger partial charge in [0.25, 0.3) is 0 Å². The Labute approximate surface area is 111 Å². The molecule has 18 heavy (non-hydrogen) atoms. The number of hydrogen-bond acceptors (Lipinski definition) is 2. The van der Waals surface area contributed by atoms with Crippen LogP contribution in [0.25, 0.3) is 0 Å². The van der Waals surface area contributed by atoms with E-state index in [0.717, 1.165) is 12.5 Å². The minimum Gasteiger partial charge on any atom is -0.329 e. The fourth-order valence-corrected chi connectivity index (χ4v) is 3.11. The predicted molar refractivity (Wildman–Crippen MR) is 77.6 cm³/mol. The highest BCUT2D eigenvalue weighted by atomic mass is 15.2. The smallest absolute Gasteiger partial charge is 0.0473 e. The summed E-state index contributed by atoms with van der Waals surface area (Å²) in [6, 6.07) is 9.07. The summed E-state index contributed by atoms with van der Waals surface area (Å²) in [6.45, 7) is 7.63. The zero-order valence-electron chi connectivity index (χ0n) is 11.7. The molecule has 0 spiro atoms. The topological polar surface area (TPSA) is 29.3 Å². The third kappa shape index (κ3) is 2.93. The second-order valence-corrected chi connectivity index (χ2v) is 5.50. The van der Waals surface area contributed by atoms with Crippen LogP contribution < -0.4 is 5.73 Å². The first-order valence-electron chi connectivity index (χ1n) is 7.26. The molecule has 100 valence electrons. The molecule has 0 radical (unpaired) electrons. The van der Waals surface area contributed by atoms with E-state index < -0.39 is 0 Å². The number of piperidine rings is 1. The Hall–Kier alpha value is -0.860. The Morgan fingerprint density at radius 1 is 1.28 bits per heavy atom. The molecule has 2 heteroatoms. The molecule has 0 aromatic heterocycles. The largest absolute Gasteiger partial charge is 0.329 e. The minimum atomic E-state index is 0.406. The van der Waals surface area contributed by atoms with Gasteiger partial charge in [-0.1, -0.05) is 37.6 Å². The maximum atomic E-state index is 6.03. The Bertz CT molecular complexity index is 367. The Balaban J connectivity index is 2.08. The standard InChI is InChI=1S/C16H26N2/c1-3-14-8-10-18(11-9-14)16(12-17)15-7-5-4-6-13(15)2/h4-7,14,16H,3,8-12,17H2,1-2H3. The summed E-state index contributed by atoms with van der Waals surface area (Å²) >= 11 is 0. The molecule has 0 saturated carbocycles. The van der Waals surface area contributed by atoms with Crippen molar-refractivity contribution < 1.29 is 0 Å². The summed E-state index contributed by atoms with van der Waals surface area (Å²) in [5, 5.41) is 0. The number of aryl methyl sites for hydroxylation is 1. The van der Waals surface area contributed by atoms with E-state index in [0.29, 0.717) is 6.04 Å². The van der Waals surface area contributed by atoms with Crippen LogP contribution in [-0.2, 0) is 0 Å². The van der Waals surface area contributed by atoms with E-state index in [1.807, 2.05) is 0 Å². The van der Waals surface area contributed by atoms with Crippen LogP contribution in [0.15, 0.2) is 24.3 Å². The van der Waals surface area contributed by atoms with E-state index in [9.17, 15) is 0 Å². The second kappa shape index (κ2) is 6.35. The van der Waals surface area contributed by atoms with E-state index in [2.05, 4.69) is 43.0 Å². The summed E-state index contributed by atoms with van der Waals surface area (Å²) in [6.07, 6.45) is 3.99. The minimum absolute atomic E-state index is 0.406. The normalized spacial score (nSPS) is 19.9. The number of likely N-dealkylation sites (tertiary alicyclic amines) is 1. The molecule has 0 bridgehead atoms. The fraction of sp³-hybridized carbons (Fsp3) is 0.625. The summed E-state index contributed by atoms with van der Waals surface area (Å²) in [5.41, 5.74) is 8.81. The van der Waals surface area contributed by atoms with Crippen LogP contribution in [0.3, 0.4) is 0 Å². The lowest BCUT2D eigenvalue weighted by molar-refractivity contribution is 0.133. The second-order valence-electron chi connectivity index (χ2n) is 5.50. The molecule has 2 nitrogen and oxygen atoms in total. The maximum Gasteiger partial charge on any atom is 0.0473 e. The van der Waals surface area contributed by atoms with Crippen LogP contribution in [0, 0.1) is 12.8 Å². The fourth-order valence-electron chi connectivity index (χ4n) is 3.11. The molecule has 1 fully saturated rings. The quantitative estimate of drug-likeness (QED) is 0.884. The van der Waals surface area contributed by atoms with Gasteiger partial charge in [-0.3, -0.25) is 4.90 Å². The first-order chi connectivity index (χ1) is 8.76. The molecule has 1 aromatic rings. The van der Waals surface area contributed by atoms with E-state index >= 15 is 0 Å². The third-order valence-corrected chi connectivity index (χ3v) is 4.44. The Morgan fingerprint density at radius 3 is 2.50 bits per heavy atom. The SMILES string of the molecule is CCC1CCN(C(CN)c2ccccc2C)CC1. The van der Waals surface area contributed by atoms with E-state index in [-0.39, 0.29) is 0 Å². The van der Waals surface area contributed by atoms with Gasteiger partial charge in [-0.2, -0.15) is 0 Å². The predicted octanol–water partition coefficient (Wildman–Crippen LogP) is 3.12. The molecule has 1 atom stereocenters. The highest BCUT2D eigenvalue weighted by Gasteiger charge is 2.25. The first-order valence-corrected chi connectivity index (χ1v) is 7.26. The van der Waals surface area contributed by atoms with Crippen molar-refractivity contribution >= 4 is 0 Å². The molecular weight excluding hydrogens is 220 g/mol. The van der Waals surface area contributed by atoms with E-state index in [1.165, 1.54) is 43.5 Å². The number of nitrogens with two attached hydrogens (primary N) is 1. The van der Waals surface area contributed by atoms with E-state index in [4.69, 9.17) is 5.73 Å². The van der Waals surface area contributed by atoms with Crippen LogP contribution in [0.5, 0.6) is 0 Å². The van der Waals surface area contributed by atoms with Crippen molar-refractivity contribution in [2.45, 2.75) is 39.2 Å². The van der Waals surface area contributed by atoms with Crippen molar-refractivity contribution in [1.82, 2.24) is 4.90 Å². The van der Waals surface area contributed by atoms with Gasteiger partial charge >= 0.3 is 0 Å². The van der Waals surface area contributed by atoms with Crippen LogP contribution in [0.2, 0.25) is 0 Å². The molecule has 1 saturated heterocycles. The summed E-state index contributed by atoms with van der Waals surface area (Å²) in [5.74, 6) is 0.927. The first kappa shape index (κ1) is 13.6. The zero-order chi connectivity index (χ0) is 13.0. The van der Waals surface area contributed by atoms with Crippen molar-refractivity contribution in [1.29, 1.82) is 0 Å². The van der Waals surface area contributed by atoms with Crippen LogP contribution in [0.1, 0.15) is 43.4 Å². The van der Waals surface area contributed by atoms with Gasteiger partial charge in [0.05, 0.1) is 0 Å². The monoisotopic (exact) mass is 246 g/mol. The number of benzene rings is 1. The molecule has 2 rings (SSSR count). The molecule has 0 amide bonds.